The molecule has 0 aliphatic carbocycles. The highest BCUT2D eigenvalue weighted by atomic mass is 14.2. The van der Waals surface area contributed by atoms with Crippen molar-refractivity contribution in [1.82, 2.24) is 0 Å². The molecule has 23 heavy (non-hydrogen) atoms. The van der Waals surface area contributed by atoms with Crippen LogP contribution in [0.2, 0.25) is 0 Å². The van der Waals surface area contributed by atoms with Gasteiger partial charge in [0.1, 0.15) is 0 Å². The van der Waals surface area contributed by atoms with Crippen molar-refractivity contribution >= 4 is 0 Å². The summed E-state index contributed by atoms with van der Waals surface area (Å²) in [5, 5.41) is 0. The monoisotopic (exact) mass is 316 g/mol. The number of unbranched alkanes of at least 4 members (excludes halogenated alkanes) is 6. The molecule has 132 valence electrons. The van der Waals surface area contributed by atoms with Crippen molar-refractivity contribution in [3.8, 4) is 0 Å². The Morgan fingerprint density at radius 2 is 1.04 bits per heavy atom. The third-order valence-corrected chi connectivity index (χ3v) is 4.79. The molecule has 1 rings (SSSR count). The Kier molecular flexibility index (Phi) is 7.84. The van der Waals surface area contributed by atoms with Gasteiger partial charge in [0.05, 0.1) is 0 Å². The minimum absolute atomic E-state index is 0.232. The highest BCUT2D eigenvalue weighted by Crippen LogP contribution is 2.30. The molecule has 0 N–H and O–H groups in total. The van der Waals surface area contributed by atoms with Crippen molar-refractivity contribution in [3.05, 3.63) is 34.9 Å². The molecule has 0 nitrogen and oxygen atoms in total. The summed E-state index contributed by atoms with van der Waals surface area (Å²) in [7, 11) is 0. The van der Waals surface area contributed by atoms with Gasteiger partial charge in [0, 0.05) is 0 Å². The first-order chi connectivity index (χ1) is 10.6. The lowest BCUT2D eigenvalue weighted by Gasteiger charge is -2.26. The van der Waals surface area contributed by atoms with E-state index in [2.05, 4.69) is 66.7 Å². The van der Waals surface area contributed by atoms with Gasteiger partial charge in [0.25, 0.3) is 0 Å². The Balaban J connectivity index is 2.67. The zero-order valence-corrected chi connectivity index (χ0v) is 16.9. The van der Waals surface area contributed by atoms with Crippen LogP contribution >= 0.6 is 0 Å². The Bertz CT molecular complexity index is 422. The number of rotatable bonds is 8. The maximum Gasteiger partial charge on any atom is -0.0132 e. The third kappa shape index (κ3) is 7.55. The van der Waals surface area contributed by atoms with Crippen LogP contribution in [0.25, 0.3) is 0 Å². The fourth-order valence-electron chi connectivity index (χ4n) is 2.99. The van der Waals surface area contributed by atoms with Crippen LogP contribution in [0, 0.1) is 0 Å². The van der Waals surface area contributed by atoms with Crippen LogP contribution in [0.5, 0.6) is 0 Å². The second-order valence-corrected chi connectivity index (χ2v) is 9.29. The zero-order valence-electron chi connectivity index (χ0n) is 16.9. The van der Waals surface area contributed by atoms with Crippen LogP contribution in [0.4, 0.5) is 0 Å². The van der Waals surface area contributed by atoms with Gasteiger partial charge in [-0.25, -0.2) is 0 Å². The minimum atomic E-state index is 0.232. The van der Waals surface area contributed by atoms with Gasteiger partial charge in [-0.3, -0.25) is 0 Å². The van der Waals surface area contributed by atoms with Gasteiger partial charge in [-0.05, 0) is 40.4 Å². The second kappa shape index (κ2) is 8.90. The van der Waals surface area contributed by atoms with E-state index in [9.17, 15) is 0 Å². The Labute approximate surface area is 146 Å². The molecular formula is C23H40. The van der Waals surface area contributed by atoms with E-state index >= 15 is 0 Å². The normalized spacial score (nSPS) is 12.7. The van der Waals surface area contributed by atoms with E-state index < -0.39 is 0 Å². The highest BCUT2D eigenvalue weighted by Gasteiger charge is 2.20. The van der Waals surface area contributed by atoms with Gasteiger partial charge in [-0.1, -0.05) is 105 Å². The van der Waals surface area contributed by atoms with Crippen LogP contribution < -0.4 is 0 Å². The van der Waals surface area contributed by atoms with Crippen LogP contribution in [-0.4, -0.2) is 0 Å². The molecule has 0 atom stereocenters. The Morgan fingerprint density at radius 3 is 1.48 bits per heavy atom. The number of hydrogen-bond donors (Lipinski definition) is 0. The van der Waals surface area contributed by atoms with Crippen molar-refractivity contribution in [3.63, 3.8) is 0 Å². The molecule has 0 aliphatic heterocycles. The second-order valence-electron chi connectivity index (χ2n) is 9.29. The molecular weight excluding hydrogens is 276 g/mol. The molecule has 0 heterocycles. The maximum atomic E-state index is 2.45. The van der Waals surface area contributed by atoms with Gasteiger partial charge in [-0.2, -0.15) is 0 Å². The van der Waals surface area contributed by atoms with Gasteiger partial charge in [0.15, 0.2) is 0 Å². The average molecular weight is 317 g/mol. The number of hydrogen-bond acceptors (Lipinski definition) is 0. The lowest BCUT2D eigenvalue weighted by molar-refractivity contribution is 0.563. The quantitative estimate of drug-likeness (QED) is 0.434. The maximum absolute atomic E-state index is 2.45. The standard InChI is InChI=1S/C23H40/c1-8-9-10-11-12-13-14-15-19-16-20(22(2,3)4)18-21(17-19)23(5,6)7/h16-18H,8-15H2,1-7H3. The molecule has 0 aromatic heterocycles. The summed E-state index contributed by atoms with van der Waals surface area (Å²) in [6.07, 6.45) is 11.0. The van der Waals surface area contributed by atoms with Crippen molar-refractivity contribution in [2.24, 2.45) is 0 Å². The van der Waals surface area contributed by atoms with Crippen molar-refractivity contribution < 1.29 is 0 Å². The van der Waals surface area contributed by atoms with E-state index in [-0.39, 0.29) is 10.8 Å². The van der Waals surface area contributed by atoms with Crippen molar-refractivity contribution in [1.29, 1.82) is 0 Å². The smallest absolute Gasteiger partial charge is 0.0132 e. The Hall–Kier alpha value is -0.780. The van der Waals surface area contributed by atoms with Crippen molar-refractivity contribution in [2.45, 2.75) is 111 Å². The van der Waals surface area contributed by atoms with Crippen molar-refractivity contribution in [2.75, 3.05) is 0 Å². The third-order valence-electron chi connectivity index (χ3n) is 4.79. The molecule has 0 unspecified atom stereocenters. The molecule has 0 heteroatoms. The molecule has 0 saturated heterocycles. The molecule has 0 amide bonds. The topological polar surface area (TPSA) is 0 Å². The zero-order chi connectivity index (χ0) is 17.5. The van der Waals surface area contributed by atoms with E-state index in [0.29, 0.717) is 0 Å². The highest BCUT2D eigenvalue weighted by molar-refractivity contribution is 5.37. The molecule has 0 fully saturated rings. The lowest BCUT2D eigenvalue weighted by atomic mass is 9.79. The summed E-state index contributed by atoms with van der Waals surface area (Å²) in [5.74, 6) is 0. The lowest BCUT2D eigenvalue weighted by Crippen LogP contribution is -2.17. The van der Waals surface area contributed by atoms with E-state index in [0.717, 1.165) is 0 Å². The van der Waals surface area contributed by atoms with Gasteiger partial charge < -0.3 is 0 Å². The van der Waals surface area contributed by atoms with E-state index in [4.69, 9.17) is 0 Å². The minimum Gasteiger partial charge on any atom is -0.0654 e. The molecule has 0 bridgehead atoms. The fourth-order valence-corrected chi connectivity index (χ4v) is 2.99. The molecule has 0 aliphatic rings. The summed E-state index contributed by atoms with van der Waals surface area (Å²) in [6.45, 7) is 16.2. The number of benzene rings is 1. The predicted octanol–water partition coefficient (Wildman–Crippen LogP) is 7.57. The molecule has 1 aromatic rings. The number of aryl methyl sites for hydroxylation is 1. The first-order valence-corrected chi connectivity index (χ1v) is 9.79. The first-order valence-electron chi connectivity index (χ1n) is 9.79. The van der Waals surface area contributed by atoms with E-state index in [1.807, 2.05) is 0 Å². The van der Waals surface area contributed by atoms with Crippen LogP contribution in [0.15, 0.2) is 18.2 Å². The summed E-state index contributed by atoms with van der Waals surface area (Å²) in [5.41, 5.74) is 4.98. The average Bonchev–Trinajstić information content (AvgIpc) is 2.44. The summed E-state index contributed by atoms with van der Waals surface area (Å²) in [6, 6.07) is 7.33. The van der Waals surface area contributed by atoms with E-state index in [1.165, 1.54) is 68.1 Å². The summed E-state index contributed by atoms with van der Waals surface area (Å²) in [4.78, 5) is 0. The van der Waals surface area contributed by atoms with Crippen LogP contribution in [0.1, 0.15) is 110 Å². The first kappa shape index (κ1) is 20.3. The molecule has 0 radical (unpaired) electrons. The fraction of sp³-hybridized carbons (Fsp3) is 0.739. The Morgan fingerprint density at radius 1 is 0.609 bits per heavy atom. The SMILES string of the molecule is CCCCCCCCCc1cc(C(C)(C)C)cc(C(C)(C)C)c1. The van der Waals surface area contributed by atoms with Gasteiger partial charge >= 0.3 is 0 Å². The molecule has 0 saturated carbocycles. The molecule has 0 spiro atoms. The van der Waals surface area contributed by atoms with E-state index in [1.54, 1.807) is 0 Å². The summed E-state index contributed by atoms with van der Waals surface area (Å²) >= 11 is 0. The largest absolute Gasteiger partial charge is 0.0654 e. The predicted molar refractivity (Wildman–Crippen MR) is 106 cm³/mol. The van der Waals surface area contributed by atoms with Crippen LogP contribution in [-0.2, 0) is 17.3 Å². The van der Waals surface area contributed by atoms with Gasteiger partial charge in [-0.15, -0.1) is 0 Å². The van der Waals surface area contributed by atoms with Crippen LogP contribution in [0.3, 0.4) is 0 Å². The van der Waals surface area contributed by atoms with Gasteiger partial charge in [0.2, 0.25) is 0 Å². The summed E-state index contributed by atoms with van der Waals surface area (Å²) < 4.78 is 0. The molecule has 1 aromatic carbocycles.